The van der Waals surface area contributed by atoms with Crippen LogP contribution in [0.15, 0.2) is 72.9 Å². The second kappa shape index (κ2) is 55.1. The molecular weight excluding hydrogens is 1190 g/mol. The summed E-state index contributed by atoms with van der Waals surface area (Å²) < 4.78 is 34.4. The molecular formula is C74H131NO18. The van der Waals surface area contributed by atoms with E-state index < -0.39 is 124 Å². The zero-order valence-electron chi connectivity index (χ0n) is 57.2. The van der Waals surface area contributed by atoms with Gasteiger partial charge in [-0.25, -0.2) is 0 Å². The van der Waals surface area contributed by atoms with Gasteiger partial charge in [0.2, 0.25) is 5.91 Å². The maximum absolute atomic E-state index is 13.4. The number of aliphatic hydroxyl groups excluding tert-OH is 11. The van der Waals surface area contributed by atoms with Crippen molar-refractivity contribution in [3.8, 4) is 0 Å². The highest BCUT2D eigenvalue weighted by Gasteiger charge is 2.53. The first-order valence-corrected chi connectivity index (χ1v) is 36.7. The van der Waals surface area contributed by atoms with Crippen LogP contribution >= 0.6 is 0 Å². The van der Waals surface area contributed by atoms with Gasteiger partial charge in [0.25, 0.3) is 0 Å². The molecule has 19 nitrogen and oxygen atoms in total. The fourth-order valence-electron chi connectivity index (χ4n) is 12.1. The summed E-state index contributed by atoms with van der Waals surface area (Å²) in [5, 5.41) is 121. The van der Waals surface area contributed by atoms with Crippen molar-refractivity contribution in [2.24, 2.45) is 0 Å². The summed E-state index contributed by atoms with van der Waals surface area (Å²) in [6.45, 7) is 1.69. The Morgan fingerprint density at radius 1 is 0.398 bits per heavy atom. The maximum atomic E-state index is 13.4. The van der Waals surface area contributed by atoms with Gasteiger partial charge in [0.1, 0.15) is 73.2 Å². The van der Waals surface area contributed by atoms with Crippen molar-refractivity contribution >= 4 is 5.91 Å². The molecule has 0 aromatic rings. The van der Waals surface area contributed by atoms with Gasteiger partial charge in [-0.1, -0.05) is 260 Å². The van der Waals surface area contributed by atoms with Gasteiger partial charge >= 0.3 is 0 Å². The minimum Gasteiger partial charge on any atom is -0.394 e. The summed E-state index contributed by atoms with van der Waals surface area (Å²) in [4.78, 5) is 13.4. The Labute approximate surface area is 559 Å². The van der Waals surface area contributed by atoms with E-state index in [9.17, 15) is 61.0 Å². The second-order valence-electron chi connectivity index (χ2n) is 26.0. The van der Waals surface area contributed by atoms with Gasteiger partial charge in [0.05, 0.1) is 38.6 Å². The van der Waals surface area contributed by atoms with Crippen LogP contribution in [0.1, 0.15) is 258 Å². The number of ether oxygens (including phenoxy) is 6. The number of hydrogen-bond acceptors (Lipinski definition) is 18. The van der Waals surface area contributed by atoms with E-state index in [1.807, 2.05) is 0 Å². The van der Waals surface area contributed by atoms with Crippen LogP contribution in [0.3, 0.4) is 0 Å². The van der Waals surface area contributed by atoms with E-state index in [1.165, 1.54) is 135 Å². The molecule has 0 spiro atoms. The highest BCUT2D eigenvalue weighted by atomic mass is 16.8. The molecule has 17 atom stereocenters. The average Bonchev–Trinajstić information content (AvgIpc) is 0.902. The normalized spacial score (nSPS) is 27.9. The zero-order chi connectivity index (χ0) is 67.5. The van der Waals surface area contributed by atoms with Crippen LogP contribution in [-0.4, -0.2) is 193 Å². The molecule has 0 bridgehead atoms. The number of aliphatic hydroxyl groups is 11. The van der Waals surface area contributed by atoms with Gasteiger partial charge < -0.3 is 89.9 Å². The molecule has 0 saturated carbocycles. The van der Waals surface area contributed by atoms with Gasteiger partial charge in [-0.05, 0) is 64.2 Å². The number of hydrogen-bond donors (Lipinski definition) is 12. The monoisotopic (exact) mass is 1320 g/mol. The molecule has 17 unspecified atom stereocenters. The lowest BCUT2D eigenvalue weighted by Crippen LogP contribution is -2.66. The average molecular weight is 1320 g/mol. The van der Waals surface area contributed by atoms with E-state index in [0.29, 0.717) is 12.8 Å². The van der Waals surface area contributed by atoms with Crippen LogP contribution in [0.2, 0.25) is 0 Å². The van der Waals surface area contributed by atoms with Crippen molar-refractivity contribution in [3.05, 3.63) is 72.9 Å². The van der Waals surface area contributed by atoms with Crippen LogP contribution in [0, 0.1) is 0 Å². The molecule has 0 radical (unpaired) electrons. The van der Waals surface area contributed by atoms with Crippen LogP contribution in [0.4, 0.5) is 0 Å². The largest absolute Gasteiger partial charge is 0.394 e. The molecule has 3 aliphatic heterocycles. The Morgan fingerprint density at radius 3 is 1.16 bits per heavy atom. The van der Waals surface area contributed by atoms with Gasteiger partial charge in [-0.15, -0.1) is 0 Å². The third kappa shape index (κ3) is 36.6. The highest BCUT2D eigenvalue weighted by molar-refractivity contribution is 5.76. The minimum atomic E-state index is -1.97. The topological polar surface area (TPSA) is 307 Å². The third-order valence-corrected chi connectivity index (χ3v) is 18.0. The van der Waals surface area contributed by atoms with Crippen molar-refractivity contribution in [1.82, 2.24) is 5.32 Å². The van der Waals surface area contributed by atoms with E-state index in [4.69, 9.17) is 28.4 Å². The van der Waals surface area contributed by atoms with E-state index in [0.717, 1.165) is 89.9 Å². The summed E-state index contributed by atoms with van der Waals surface area (Å²) in [7, 11) is 0. The molecule has 3 aliphatic rings. The van der Waals surface area contributed by atoms with Crippen molar-refractivity contribution in [2.45, 2.75) is 362 Å². The Hall–Kier alpha value is -2.77. The quantitative estimate of drug-likeness (QED) is 0.0199. The Balaban J connectivity index is 1.36. The number of carbonyl (C=O) groups excluding carboxylic acids is 1. The first-order chi connectivity index (χ1) is 45.3. The third-order valence-electron chi connectivity index (χ3n) is 18.0. The Morgan fingerprint density at radius 2 is 0.742 bits per heavy atom. The number of allylic oxidation sites excluding steroid dienone is 12. The number of carbonyl (C=O) groups is 1. The number of amides is 1. The smallest absolute Gasteiger partial charge is 0.220 e. The molecule has 0 aliphatic carbocycles. The SMILES string of the molecule is CC/C=C\C/C=C\C/C=C\C/C=C\C/C=C\C/C=C\CCCCCCCCCCCCCCCCC(=O)NC(COC1OC(CO)C(OC2OC(CO)C(OC3OC(CO)C(O)C(O)C3O)C(O)C2O)C(O)C1O)C(O)CCCCCCCCCCCCCCCCC. The molecule has 3 fully saturated rings. The number of rotatable bonds is 56. The lowest BCUT2D eigenvalue weighted by Gasteiger charge is -2.48. The van der Waals surface area contributed by atoms with Crippen LogP contribution < -0.4 is 5.32 Å². The summed E-state index contributed by atoms with van der Waals surface area (Å²) in [5.41, 5.74) is 0. The summed E-state index contributed by atoms with van der Waals surface area (Å²) in [6.07, 6.45) is 42.7. The van der Waals surface area contributed by atoms with Gasteiger partial charge in [-0.2, -0.15) is 0 Å². The van der Waals surface area contributed by atoms with Crippen LogP contribution in [-0.2, 0) is 33.2 Å². The lowest BCUT2D eigenvalue weighted by molar-refractivity contribution is -0.379. The summed E-state index contributed by atoms with van der Waals surface area (Å²) >= 11 is 0. The van der Waals surface area contributed by atoms with Gasteiger partial charge in [0.15, 0.2) is 18.9 Å². The van der Waals surface area contributed by atoms with Crippen molar-refractivity contribution in [3.63, 3.8) is 0 Å². The fraction of sp³-hybridized carbons (Fsp3) is 0.824. The van der Waals surface area contributed by atoms with E-state index in [1.54, 1.807) is 0 Å². The molecule has 93 heavy (non-hydrogen) atoms. The molecule has 1 amide bonds. The highest BCUT2D eigenvalue weighted by Crippen LogP contribution is 2.33. The van der Waals surface area contributed by atoms with Crippen molar-refractivity contribution in [1.29, 1.82) is 0 Å². The summed E-state index contributed by atoms with van der Waals surface area (Å²) in [6, 6.07) is -0.890. The van der Waals surface area contributed by atoms with Gasteiger partial charge in [-0.3, -0.25) is 4.79 Å². The standard InChI is InChI=1S/C74H131NO18/c1-3-5-7-9-11-13-15-17-19-20-21-22-23-24-25-26-27-28-29-30-31-32-33-34-35-36-38-40-42-44-46-48-50-52-62(80)75-57(58(79)51-49-47-45-43-41-39-37-18-16-14-12-10-8-6-4-2)56-88-72-68(86)65(83)70(60(54-77)90-72)93-74-69(87)66(84)71(61(55-78)91-74)92-73-67(85)64(82)63(81)59(53-76)89-73/h5,7,11,13,17,19,21-22,24-25,27-28,57-61,63-74,76-79,81-87H,3-4,6,8-10,12,14-16,18,20,23,26,29-56H2,1-2H3,(H,75,80)/b7-5-,13-11-,19-17-,22-21-,25-24-,28-27-. The molecule has 12 N–H and O–H groups in total. The first-order valence-electron chi connectivity index (χ1n) is 36.7. The Bertz CT molecular complexity index is 1970. The van der Waals surface area contributed by atoms with Crippen LogP contribution in [0.25, 0.3) is 0 Å². The van der Waals surface area contributed by atoms with Crippen molar-refractivity contribution < 1.29 is 89.4 Å². The lowest BCUT2D eigenvalue weighted by atomic mass is 9.96. The van der Waals surface area contributed by atoms with Crippen LogP contribution in [0.5, 0.6) is 0 Å². The second-order valence-corrected chi connectivity index (χ2v) is 26.0. The number of unbranched alkanes of at least 4 members (excludes halogenated alkanes) is 28. The molecule has 0 aromatic carbocycles. The van der Waals surface area contributed by atoms with E-state index in [-0.39, 0.29) is 18.9 Å². The Kier molecular flexibility index (Phi) is 50.1. The molecule has 540 valence electrons. The summed E-state index contributed by atoms with van der Waals surface area (Å²) in [5.74, 6) is -0.244. The molecule has 0 aromatic heterocycles. The predicted octanol–water partition coefficient (Wildman–Crippen LogP) is 10.5. The molecule has 3 saturated heterocycles. The zero-order valence-corrected chi connectivity index (χ0v) is 57.2. The molecule has 3 rings (SSSR count). The van der Waals surface area contributed by atoms with Crippen molar-refractivity contribution in [2.75, 3.05) is 26.4 Å². The van der Waals surface area contributed by atoms with E-state index >= 15 is 0 Å². The molecule has 19 heteroatoms. The predicted molar refractivity (Wildman–Crippen MR) is 365 cm³/mol. The fourth-order valence-corrected chi connectivity index (χ4v) is 12.1. The van der Waals surface area contributed by atoms with Gasteiger partial charge in [0, 0.05) is 6.42 Å². The van der Waals surface area contributed by atoms with E-state index in [2.05, 4.69) is 92.1 Å². The first kappa shape index (κ1) is 84.5. The maximum Gasteiger partial charge on any atom is 0.220 e. The molecule has 3 heterocycles. The number of nitrogens with one attached hydrogen (secondary N) is 1. The minimum absolute atomic E-state index is 0.244.